The van der Waals surface area contributed by atoms with Gasteiger partial charge in [0, 0.05) is 6.20 Å². The fourth-order valence-corrected chi connectivity index (χ4v) is 2.75. The van der Waals surface area contributed by atoms with E-state index in [2.05, 4.69) is 20.3 Å². The Morgan fingerprint density at radius 3 is 2.54 bits per heavy atom. The van der Waals surface area contributed by atoms with Gasteiger partial charge in [0.25, 0.3) is 0 Å². The number of aryl methyl sites for hydroxylation is 2. The molecule has 0 aliphatic rings. The van der Waals surface area contributed by atoms with Crippen LogP contribution in [0.25, 0.3) is 0 Å². The molecule has 0 spiro atoms. The number of halogens is 3. The number of nitrogens with zero attached hydrogens (tertiary/aromatic N) is 3. The van der Waals surface area contributed by atoms with Gasteiger partial charge in [0.15, 0.2) is 0 Å². The summed E-state index contributed by atoms with van der Waals surface area (Å²) in [6, 6.07) is 1.59. The van der Waals surface area contributed by atoms with E-state index in [1.54, 1.807) is 6.07 Å². The van der Waals surface area contributed by atoms with E-state index in [1.165, 1.54) is 6.20 Å². The molecule has 8 heteroatoms. The van der Waals surface area contributed by atoms with Gasteiger partial charge in [-0.2, -0.15) is 0 Å². The molecule has 0 fully saturated rings. The number of hydrogen-bond acceptors (Lipinski definition) is 5. The molecule has 130 valence electrons. The second-order valence-electron chi connectivity index (χ2n) is 5.97. The zero-order valence-corrected chi connectivity index (χ0v) is 16.2. The normalized spacial score (nSPS) is 11.5. The molecular weight excluding hydrogens is 371 g/mol. The van der Waals surface area contributed by atoms with E-state index in [9.17, 15) is 0 Å². The van der Waals surface area contributed by atoms with Crippen LogP contribution in [0.5, 0.6) is 5.88 Å². The van der Waals surface area contributed by atoms with Crippen molar-refractivity contribution in [2.75, 3.05) is 11.9 Å². The molecule has 0 aliphatic carbocycles. The van der Waals surface area contributed by atoms with E-state index in [4.69, 9.17) is 39.5 Å². The molecule has 1 N–H and O–H groups in total. The predicted octanol–water partition coefficient (Wildman–Crippen LogP) is 4.97. The third-order valence-electron chi connectivity index (χ3n) is 3.17. The summed E-state index contributed by atoms with van der Waals surface area (Å²) >= 11 is 18.3. The summed E-state index contributed by atoms with van der Waals surface area (Å²) in [5, 5.41) is 4.65. The summed E-state index contributed by atoms with van der Waals surface area (Å²) in [7, 11) is 0. The Balaban J connectivity index is 2.12. The zero-order chi connectivity index (χ0) is 17.9. The van der Waals surface area contributed by atoms with Gasteiger partial charge in [0.1, 0.15) is 28.3 Å². The fourth-order valence-electron chi connectivity index (χ4n) is 2.05. The maximum atomic E-state index is 6.37. The lowest BCUT2D eigenvalue weighted by molar-refractivity contribution is 0.247. The molecule has 2 aromatic heterocycles. The van der Waals surface area contributed by atoms with E-state index < -0.39 is 5.54 Å². The SMILES string of the molecule is CCc1nc(C)nc(NC(C)(C)COc2ncc(Cl)cc2Cl)c1Cl. The molecule has 5 nitrogen and oxygen atoms in total. The molecule has 24 heavy (non-hydrogen) atoms. The maximum absolute atomic E-state index is 6.37. The molecule has 2 heterocycles. The Hall–Kier alpha value is -1.30. The van der Waals surface area contributed by atoms with Gasteiger partial charge in [-0.1, -0.05) is 41.7 Å². The predicted molar refractivity (Wildman–Crippen MR) is 98.6 cm³/mol. The van der Waals surface area contributed by atoms with Crippen molar-refractivity contribution in [3.63, 3.8) is 0 Å². The van der Waals surface area contributed by atoms with Crippen molar-refractivity contribution in [3.8, 4) is 5.88 Å². The highest BCUT2D eigenvalue weighted by Gasteiger charge is 2.23. The Labute approximate surface area is 156 Å². The van der Waals surface area contributed by atoms with Gasteiger partial charge in [-0.25, -0.2) is 15.0 Å². The molecule has 0 saturated carbocycles. The lowest BCUT2D eigenvalue weighted by Crippen LogP contribution is -2.38. The largest absolute Gasteiger partial charge is 0.474 e. The molecule has 0 radical (unpaired) electrons. The van der Waals surface area contributed by atoms with Crippen molar-refractivity contribution in [1.82, 2.24) is 15.0 Å². The molecule has 2 rings (SSSR count). The number of aromatic nitrogens is 3. The van der Waals surface area contributed by atoms with Gasteiger partial charge in [-0.05, 0) is 33.3 Å². The standard InChI is InChI=1S/C16H19Cl3N4O/c1-5-12-13(19)14(22-9(2)21-12)23-16(3,4)8-24-15-11(18)6-10(17)7-20-15/h6-7H,5,8H2,1-4H3,(H,21,22,23). The summed E-state index contributed by atoms with van der Waals surface area (Å²) in [6.07, 6.45) is 2.22. The van der Waals surface area contributed by atoms with Crippen LogP contribution >= 0.6 is 34.8 Å². The van der Waals surface area contributed by atoms with Crippen LogP contribution in [0.3, 0.4) is 0 Å². The average Bonchev–Trinajstić information content (AvgIpc) is 2.49. The summed E-state index contributed by atoms with van der Waals surface area (Å²) in [6.45, 7) is 8.08. The third-order valence-corrected chi connectivity index (χ3v) is 4.04. The van der Waals surface area contributed by atoms with Gasteiger partial charge >= 0.3 is 0 Å². The number of ether oxygens (including phenoxy) is 1. The lowest BCUT2D eigenvalue weighted by atomic mass is 10.1. The van der Waals surface area contributed by atoms with Gasteiger partial charge < -0.3 is 10.1 Å². The Kier molecular flexibility index (Phi) is 6.12. The summed E-state index contributed by atoms with van der Waals surface area (Å²) in [5.41, 5.74) is 0.353. The molecule has 0 aromatic carbocycles. The van der Waals surface area contributed by atoms with Crippen LogP contribution in [0.4, 0.5) is 5.82 Å². The second-order valence-corrected chi connectivity index (χ2v) is 7.19. The van der Waals surface area contributed by atoms with E-state index in [0.717, 1.165) is 12.1 Å². The zero-order valence-electron chi connectivity index (χ0n) is 14.0. The quantitative estimate of drug-likeness (QED) is 0.755. The van der Waals surface area contributed by atoms with E-state index >= 15 is 0 Å². The van der Waals surface area contributed by atoms with Crippen molar-refractivity contribution in [2.45, 2.75) is 39.7 Å². The molecular formula is C16H19Cl3N4O. The first kappa shape index (κ1) is 19.0. The van der Waals surface area contributed by atoms with Crippen LogP contribution in [-0.4, -0.2) is 27.1 Å². The number of rotatable bonds is 6. The van der Waals surface area contributed by atoms with Crippen LogP contribution < -0.4 is 10.1 Å². The smallest absolute Gasteiger partial charge is 0.232 e. The lowest BCUT2D eigenvalue weighted by Gasteiger charge is -2.27. The molecule has 0 bridgehead atoms. The Bertz CT molecular complexity index is 738. The number of hydrogen-bond donors (Lipinski definition) is 1. The number of nitrogens with one attached hydrogen (secondary N) is 1. The topological polar surface area (TPSA) is 59.9 Å². The monoisotopic (exact) mass is 388 g/mol. The van der Waals surface area contributed by atoms with Crippen LogP contribution in [0.2, 0.25) is 15.1 Å². The minimum absolute atomic E-state index is 0.308. The van der Waals surface area contributed by atoms with Crippen molar-refractivity contribution < 1.29 is 4.74 Å². The molecule has 0 amide bonds. The van der Waals surface area contributed by atoms with Crippen molar-refractivity contribution in [1.29, 1.82) is 0 Å². The average molecular weight is 390 g/mol. The second kappa shape index (κ2) is 7.72. The highest BCUT2D eigenvalue weighted by atomic mass is 35.5. The van der Waals surface area contributed by atoms with E-state index in [0.29, 0.717) is 39.2 Å². The minimum Gasteiger partial charge on any atom is -0.474 e. The molecule has 0 aliphatic heterocycles. The highest BCUT2D eigenvalue weighted by Crippen LogP contribution is 2.28. The van der Waals surface area contributed by atoms with Crippen LogP contribution in [-0.2, 0) is 6.42 Å². The first-order valence-corrected chi connectivity index (χ1v) is 8.60. The summed E-state index contributed by atoms with van der Waals surface area (Å²) < 4.78 is 5.70. The third kappa shape index (κ3) is 4.85. The van der Waals surface area contributed by atoms with Gasteiger partial charge in [-0.15, -0.1) is 0 Å². The first-order chi connectivity index (χ1) is 11.2. The minimum atomic E-state index is -0.458. The number of anilines is 1. The van der Waals surface area contributed by atoms with Crippen molar-refractivity contribution >= 4 is 40.6 Å². The highest BCUT2D eigenvalue weighted by molar-refractivity contribution is 6.35. The Morgan fingerprint density at radius 2 is 1.92 bits per heavy atom. The fraction of sp³-hybridized carbons (Fsp3) is 0.438. The molecule has 0 unspecified atom stereocenters. The van der Waals surface area contributed by atoms with Gasteiger partial charge in [-0.3, -0.25) is 0 Å². The van der Waals surface area contributed by atoms with Crippen molar-refractivity contribution in [3.05, 3.63) is 38.8 Å². The summed E-state index contributed by atoms with van der Waals surface area (Å²) in [4.78, 5) is 12.8. The number of pyridine rings is 1. The summed E-state index contributed by atoms with van der Waals surface area (Å²) in [5.74, 6) is 1.58. The molecule has 2 aromatic rings. The molecule has 0 atom stereocenters. The molecule has 0 saturated heterocycles. The van der Waals surface area contributed by atoms with Crippen LogP contribution in [0, 0.1) is 6.92 Å². The van der Waals surface area contributed by atoms with E-state index in [-0.39, 0.29) is 0 Å². The van der Waals surface area contributed by atoms with Crippen LogP contribution in [0.15, 0.2) is 12.3 Å². The maximum Gasteiger partial charge on any atom is 0.232 e. The first-order valence-electron chi connectivity index (χ1n) is 7.47. The Morgan fingerprint density at radius 1 is 1.21 bits per heavy atom. The van der Waals surface area contributed by atoms with E-state index in [1.807, 2.05) is 27.7 Å². The van der Waals surface area contributed by atoms with Gasteiger partial charge in [0.05, 0.1) is 16.3 Å². The van der Waals surface area contributed by atoms with Crippen molar-refractivity contribution in [2.24, 2.45) is 0 Å². The van der Waals surface area contributed by atoms with Crippen LogP contribution in [0.1, 0.15) is 32.3 Å². The van der Waals surface area contributed by atoms with Gasteiger partial charge in [0.2, 0.25) is 5.88 Å².